The molecule has 1 aromatic carbocycles. The van der Waals surface area contributed by atoms with Gasteiger partial charge in [-0.2, -0.15) is 0 Å². The normalized spacial score (nSPS) is 9.85. The van der Waals surface area contributed by atoms with Gasteiger partial charge in [0.2, 0.25) is 5.76 Å². The van der Waals surface area contributed by atoms with Crippen molar-refractivity contribution in [2.24, 2.45) is 5.11 Å². The Balaban J connectivity index is 2.13. The van der Waals surface area contributed by atoms with Gasteiger partial charge in [0.15, 0.2) is 0 Å². The number of carbonyl (C=O) groups is 1. The maximum absolute atomic E-state index is 10.7. The molecule has 0 aliphatic heterocycles. The zero-order valence-corrected chi connectivity index (χ0v) is 10.6. The Labute approximate surface area is 114 Å². The number of furan rings is 1. The monoisotopic (exact) mass is 273 g/mol. The van der Waals surface area contributed by atoms with Crippen LogP contribution in [-0.4, -0.2) is 11.1 Å². The maximum Gasteiger partial charge on any atom is 0.371 e. The molecular weight excluding hydrogens is 262 g/mol. The van der Waals surface area contributed by atoms with E-state index in [1.54, 1.807) is 12.1 Å². The van der Waals surface area contributed by atoms with Crippen LogP contribution in [0.15, 0.2) is 39.9 Å². The summed E-state index contributed by atoms with van der Waals surface area (Å²) in [6.07, 6.45) is 0. The van der Waals surface area contributed by atoms with Crippen molar-refractivity contribution in [3.63, 3.8) is 0 Å². The van der Waals surface area contributed by atoms with Crippen LogP contribution in [0.1, 0.15) is 21.9 Å². The summed E-state index contributed by atoms with van der Waals surface area (Å²) < 4.78 is 10.5. The predicted molar refractivity (Wildman–Crippen MR) is 70.0 cm³/mol. The first-order chi connectivity index (χ1) is 9.60. The number of hydrogen-bond acceptors (Lipinski definition) is 4. The standard InChI is InChI=1S/C13H11N3O4/c1-8-2-4-11(10(6-8)15-16-14)19-7-9-3-5-12(20-9)13(17)18/h2-6H,7H2,1H3,(H,17,18). The fourth-order valence-corrected chi connectivity index (χ4v) is 1.60. The number of carboxylic acid groups (broad SMARTS) is 1. The molecule has 0 bridgehead atoms. The van der Waals surface area contributed by atoms with Crippen molar-refractivity contribution in [1.82, 2.24) is 0 Å². The molecule has 0 spiro atoms. The van der Waals surface area contributed by atoms with Gasteiger partial charge in [-0.1, -0.05) is 16.7 Å². The summed E-state index contributed by atoms with van der Waals surface area (Å²) >= 11 is 0. The smallest absolute Gasteiger partial charge is 0.371 e. The van der Waals surface area contributed by atoms with Crippen LogP contribution < -0.4 is 4.74 Å². The lowest BCUT2D eigenvalue weighted by Gasteiger charge is -2.07. The number of azide groups is 1. The third kappa shape index (κ3) is 3.09. The molecule has 102 valence electrons. The molecule has 0 radical (unpaired) electrons. The Morgan fingerprint density at radius 1 is 1.45 bits per heavy atom. The minimum absolute atomic E-state index is 0.0459. The number of aryl methyl sites for hydroxylation is 1. The van der Waals surface area contributed by atoms with Crippen LogP contribution in [-0.2, 0) is 6.61 Å². The average molecular weight is 273 g/mol. The van der Waals surface area contributed by atoms with Gasteiger partial charge in [0.25, 0.3) is 0 Å². The molecule has 7 nitrogen and oxygen atoms in total. The first kappa shape index (κ1) is 13.5. The summed E-state index contributed by atoms with van der Waals surface area (Å²) in [5, 5.41) is 12.3. The van der Waals surface area contributed by atoms with Gasteiger partial charge in [0.1, 0.15) is 18.1 Å². The quantitative estimate of drug-likeness (QED) is 0.507. The van der Waals surface area contributed by atoms with Gasteiger partial charge in [-0.3, -0.25) is 0 Å². The molecule has 0 aliphatic rings. The highest BCUT2D eigenvalue weighted by molar-refractivity contribution is 5.84. The van der Waals surface area contributed by atoms with Gasteiger partial charge in [-0.05, 0) is 36.7 Å². The molecule has 1 N–H and O–H groups in total. The van der Waals surface area contributed by atoms with Crippen LogP contribution >= 0.6 is 0 Å². The summed E-state index contributed by atoms with van der Waals surface area (Å²) in [5.74, 6) is -0.513. The van der Waals surface area contributed by atoms with E-state index in [9.17, 15) is 4.79 Å². The van der Waals surface area contributed by atoms with Gasteiger partial charge in [-0.15, -0.1) is 0 Å². The third-order valence-corrected chi connectivity index (χ3v) is 2.51. The molecular formula is C13H11N3O4. The summed E-state index contributed by atoms with van der Waals surface area (Å²) in [4.78, 5) is 13.4. The highest BCUT2D eigenvalue weighted by Crippen LogP contribution is 2.29. The maximum atomic E-state index is 10.7. The van der Waals surface area contributed by atoms with Gasteiger partial charge in [-0.25, -0.2) is 4.79 Å². The zero-order valence-electron chi connectivity index (χ0n) is 10.6. The highest BCUT2D eigenvalue weighted by atomic mass is 16.5. The summed E-state index contributed by atoms with van der Waals surface area (Å²) in [5.41, 5.74) is 9.81. The number of hydrogen-bond donors (Lipinski definition) is 1. The van der Waals surface area contributed by atoms with E-state index in [2.05, 4.69) is 10.0 Å². The molecule has 1 heterocycles. The largest absolute Gasteiger partial charge is 0.485 e. The molecule has 0 saturated carbocycles. The first-order valence-electron chi connectivity index (χ1n) is 5.70. The van der Waals surface area contributed by atoms with E-state index < -0.39 is 5.97 Å². The van der Waals surface area contributed by atoms with E-state index >= 15 is 0 Å². The molecule has 20 heavy (non-hydrogen) atoms. The van der Waals surface area contributed by atoms with Gasteiger partial charge < -0.3 is 14.3 Å². The fraction of sp³-hybridized carbons (Fsp3) is 0.154. The summed E-state index contributed by atoms with van der Waals surface area (Å²) in [6, 6.07) is 8.06. The van der Waals surface area contributed by atoms with E-state index in [0.29, 0.717) is 17.2 Å². The van der Waals surface area contributed by atoms with Crippen molar-refractivity contribution in [2.45, 2.75) is 13.5 Å². The molecule has 0 aliphatic carbocycles. The molecule has 7 heteroatoms. The molecule has 0 atom stereocenters. The Morgan fingerprint density at radius 3 is 2.90 bits per heavy atom. The van der Waals surface area contributed by atoms with Crippen LogP contribution in [0.5, 0.6) is 5.75 Å². The van der Waals surface area contributed by atoms with Crippen molar-refractivity contribution < 1.29 is 19.1 Å². The number of rotatable bonds is 5. The SMILES string of the molecule is Cc1ccc(OCc2ccc(C(=O)O)o2)c(N=[N+]=[N-])c1. The number of benzene rings is 1. The number of carboxylic acids is 1. The minimum atomic E-state index is -1.14. The van der Waals surface area contributed by atoms with Crippen LogP contribution in [0.25, 0.3) is 10.4 Å². The lowest BCUT2D eigenvalue weighted by molar-refractivity contribution is 0.0658. The number of ether oxygens (including phenoxy) is 1. The van der Waals surface area contributed by atoms with Crippen molar-refractivity contribution in [1.29, 1.82) is 0 Å². The minimum Gasteiger partial charge on any atom is -0.485 e. The van der Waals surface area contributed by atoms with E-state index in [4.69, 9.17) is 19.8 Å². The Bertz CT molecular complexity index is 687. The molecule has 2 rings (SSSR count). The van der Waals surface area contributed by atoms with Gasteiger partial charge in [0, 0.05) is 4.91 Å². The Hall–Kier alpha value is -2.92. The fourth-order valence-electron chi connectivity index (χ4n) is 1.60. The molecule has 0 unspecified atom stereocenters. The van der Waals surface area contributed by atoms with E-state index in [1.807, 2.05) is 13.0 Å². The number of aromatic carboxylic acids is 1. The lowest BCUT2D eigenvalue weighted by Crippen LogP contribution is -1.95. The van der Waals surface area contributed by atoms with E-state index in [0.717, 1.165) is 5.56 Å². The first-order valence-corrected chi connectivity index (χ1v) is 5.70. The van der Waals surface area contributed by atoms with Crippen LogP contribution in [0.4, 0.5) is 5.69 Å². The molecule has 2 aromatic rings. The molecule has 0 saturated heterocycles. The summed E-state index contributed by atoms with van der Waals surface area (Å²) in [6.45, 7) is 1.91. The van der Waals surface area contributed by atoms with Gasteiger partial charge in [0.05, 0.1) is 5.69 Å². The Kier molecular flexibility index (Phi) is 3.93. The molecule has 0 fully saturated rings. The average Bonchev–Trinajstić information content (AvgIpc) is 2.87. The van der Waals surface area contributed by atoms with Crippen LogP contribution in [0, 0.1) is 6.92 Å². The Morgan fingerprint density at radius 2 is 2.25 bits per heavy atom. The highest BCUT2D eigenvalue weighted by Gasteiger charge is 2.10. The van der Waals surface area contributed by atoms with Crippen molar-refractivity contribution in [3.05, 3.63) is 57.9 Å². The van der Waals surface area contributed by atoms with Crippen LogP contribution in [0.3, 0.4) is 0 Å². The van der Waals surface area contributed by atoms with Crippen molar-refractivity contribution in [2.75, 3.05) is 0 Å². The second-order valence-corrected chi connectivity index (χ2v) is 4.02. The zero-order chi connectivity index (χ0) is 14.5. The van der Waals surface area contributed by atoms with Crippen molar-refractivity contribution >= 4 is 11.7 Å². The second-order valence-electron chi connectivity index (χ2n) is 4.02. The molecule has 1 aromatic heterocycles. The van der Waals surface area contributed by atoms with E-state index in [-0.39, 0.29) is 12.4 Å². The van der Waals surface area contributed by atoms with Crippen molar-refractivity contribution in [3.8, 4) is 5.75 Å². The summed E-state index contributed by atoms with van der Waals surface area (Å²) in [7, 11) is 0. The second kappa shape index (κ2) is 5.81. The van der Waals surface area contributed by atoms with E-state index in [1.165, 1.54) is 12.1 Å². The van der Waals surface area contributed by atoms with Crippen LogP contribution in [0.2, 0.25) is 0 Å². The third-order valence-electron chi connectivity index (χ3n) is 2.51. The topological polar surface area (TPSA) is 108 Å². The predicted octanol–water partition coefficient (Wildman–Crippen LogP) is 3.81. The van der Waals surface area contributed by atoms with Gasteiger partial charge >= 0.3 is 5.97 Å². The molecule has 0 amide bonds. The number of nitrogens with zero attached hydrogens (tertiary/aromatic N) is 3. The lowest BCUT2D eigenvalue weighted by atomic mass is 10.2.